The minimum Gasteiger partial charge on any atom is -0.546 e. The predicted molar refractivity (Wildman–Crippen MR) is 187 cm³/mol. The number of aromatic hydroxyl groups is 2. The standard InChI is InChI=1S/C31H34ClN11O8S2.Na/c1-31(2,29(49)50)51-37-21(24-34-30(33)53-38-24)19(45)10-17-27(48)42-22(25-35-39-40-36-25)14(13-52-28(17)42)12-43-8-3-4-15(43)11-41(7-9-43)26(47)16-5-6-18(44)23(46)20(16)32;/h5-6,15,17,28H,3-4,7-13H2,1-2H3,(H5-,33,34,35,36,37,38,39,40,44,45,46,47,49,50);/q;+1/t15-,17+,28+,43+;/m0./s1. The van der Waals surface area contributed by atoms with Crippen molar-refractivity contribution in [3.8, 4) is 11.5 Å². The quantitative estimate of drug-likeness (QED) is 0.0375. The van der Waals surface area contributed by atoms with Crippen LogP contribution < -0.4 is 40.4 Å². The van der Waals surface area contributed by atoms with Crippen LogP contribution in [-0.4, -0.2) is 139 Å². The van der Waals surface area contributed by atoms with Crippen molar-refractivity contribution < 1.29 is 73.4 Å². The van der Waals surface area contributed by atoms with Crippen LogP contribution in [-0.2, 0) is 19.2 Å². The smallest absolute Gasteiger partial charge is 0.546 e. The van der Waals surface area contributed by atoms with Gasteiger partial charge in [-0.1, -0.05) is 16.8 Å². The summed E-state index contributed by atoms with van der Waals surface area (Å²) in [5.74, 6) is -3.97. The summed E-state index contributed by atoms with van der Waals surface area (Å²) in [4.78, 5) is 65.1. The van der Waals surface area contributed by atoms with Crippen molar-refractivity contribution in [2.75, 3.05) is 44.2 Å². The number of thioether (sulfide) groups is 1. The number of Topliss-reactive ketones (excluding diaryl/α,β-unsaturated/α-hetero) is 1. The number of halogens is 1. The number of hydrogen-bond donors (Lipinski definition) is 4. The Morgan fingerprint density at radius 3 is 2.72 bits per heavy atom. The van der Waals surface area contributed by atoms with Crippen LogP contribution in [0, 0.1) is 5.92 Å². The second-order valence-electron chi connectivity index (χ2n) is 13.8. The summed E-state index contributed by atoms with van der Waals surface area (Å²) in [6.07, 6.45) is 1.52. The number of hydrogen-bond acceptors (Lipinski definition) is 17. The number of oxime groups is 1. The van der Waals surface area contributed by atoms with Gasteiger partial charge in [-0.05, 0) is 31.2 Å². The molecule has 4 aliphatic rings. The maximum atomic E-state index is 13.9. The second-order valence-corrected chi connectivity index (χ2v) is 16.0. The molecule has 3 fully saturated rings. The number of fused-ring (bicyclic) bond motifs is 2. The Morgan fingerprint density at radius 2 is 2.04 bits per heavy atom. The molecule has 54 heavy (non-hydrogen) atoms. The number of quaternary nitrogens is 1. The van der Waals surface area contributed by atoms with Crippen LogP contribution in [0.2, 0.25) is 5.02 Å². The number of carboxylic acid groups (broad SMARTS) is 1. The number of aromatic nitrogens is 6. The number of nitrogen functional groups attached to an aromatic ring is 1. The third-order valence-electron chi connectivity index (χ3n) is 10.2. The summed E-state index contributed by atoms with van der Waals surface area (Å²) in [6.45, 7) is 5.37. The Morgan fingerprint density at radius 1 is 1.26 bits per heavy atom. The number of aliphatic carboxylic acids is 1. The number of phenolic OH excluding ortho intramolecular Hbond substituents is 2. The van der Waals surface area contributed by atoms with Gasteiger partial charge in [0, 0.05) is 42.1 Å². The first-order chi connectivity index (χ1) is 25.2. The summed E-state index contributed by atoms with van der Waals surface area (Å²) < 4.78 is 4.73. The largest absolute Gasteiger partial charge is 1.00 e. The van der Waals surface area contributed by atoms with Crippen LogP contribution in [0.1, 0.15) is 55.1 Å². The number of H-pyrrole nitrogens is 1. The zero-order valence-electron chi connectivity index (χ0n) is 29.4. The Kier molecular flexibility index (Phi) is 11.3. The fourth-order valence-corrected chi connectivity index (χ4v) is 9.40. The number of benzene rings is 1. The first-order valence-corrected chi connectivity index (χ1v) is 18.8. The van der Waals surface area contributed by atoms with Gasteiger partial charge in [0.15, 0.2) is 33.7 Å². The number of amides is 2. The van der Waals surface area contributed by atoms with Crippen molar-refractivity contribution in [1.29, 1.82) is 0 Å². The van der Waals surface area contributed by atoms with Gasteiger partial charge in [-0.3, -0.25) is 19.3 Å². The van der Waals surface area contributed by atoms with E-state index in [2.05, 4.69) is 35.1 Å². The monoisotopic (exact) mass is 810 g/mol. The molecule has 5 N–H and O–H groups in total. The van der Waals surface area contributed by atoms with Gasteiger partial charge in [0.05, 0.1) is 59.7 Å². The maximum absolute atomic E-state index is 13.9. The van der Waals surface area contributed by atoms with E-state index in [4.69, 9.17) is 22.2 Å². The molecule has 3 saturated heterocycles. The zero-order valence-corrected chi connectivity index (χ0v) is 33.8. The van der Waals surface area contributed by atoms with Crippen molar-refractivity contribution in [3.05, 3.63) is 39.9 Å². The van der Waals surface area contributed by atoms with Gasteiger partial charge in [0.2, 0.25) is 17.6 Å². The number of ketones is 1. The molecule has 0 spiro atoms. The fourth-order valence-electron chi connectivity index (χ4n) is 7.32. The number of phenols is 2. The van der Waals surface area contributed by atoms with E-state index in [9.17, 15) is 34.5 Å². The van der Waals surface area contributed by atoms with Crippen LogP contribution in [0.3, 0.4) is 0 Å². The normalized spacial score (nSPS) is 24.0. The van der Waals surface area contributed by atoms with Crippen molar-refractivity contribution >= 4 is 75.0 Å². The van der Waals surface area contributed by atoms with Crippen LogP contribution in [0.4, 0.5) is 5.13 Å². The molecule has 2 aromatic heterocycles. The van der Waals surface area contributed by atoms with Crippen molar-refractivity contribution in [2.45, 2.75) is 50.1 Å². The molecule has 1 aromatic carbocycles. The Hall–Kier alpha value is -3.86. The van der Waals surface area contributed by atoms with Gasteiger partial charge in [-0.2, -0.15) is 14.6 Å². The SMILES string of the molecule is CC(C)(O/N=C(\C(=O)C[C@@H]1C(=O)N2C(c3nn[nH]n3)=C(C[N@+]34CCC[C@H]3CN(C(=O)c3ccc(O)c(O)c3Cl)CC4)CS[C@H]12)c1nsc(N)n1)C(=O)[O-].[Na+]. The number of piperazine rings is 1. The Bertz CT molecular complexity index is 2060. The molecule has 4 aliphatic heterocycles. The number of anilines is 1. The average Bonchev–Trinajstić information content (AvgIpc) is 3.91. The van der Waals surface area contributed by atoms with Gasteiger partial charge in [-0.25, -0.2) is 0 Å². The third kappa shape index (κ3) is 7.17. The zero-order chi connectivity index (χ0) is 37.8. The van der Waals surface area contributed by atoms with Crippen molar-refractivity contribution in [2.24, 2.45) is 11.1 Å². The molecule has 0 saturated carbocycles. The number of nitrogens with two attached hydrogens (primary N) is 1. The first-order valence-electron chi connectivity index (χ1n) is 16.6. The molecule has 7 rings (SSSR count). The summed E-state index contributed by atoms with van der Waals surface area (Å²) in [5.41, 5.74) is 5.07. The third-order valence-corrected chi connectivity index (χ3v) is 12.5. The number of β-lactam (4-membered cyclic amide) rings is 1. The molecule has 280 valence electrons. The molecule has 0 unspecified atom stereocenters. The molecule has 23 heteroatoms. The minimum absolute atomic E-state index is 0. The van der Waals surface area contributed by atoms with Crippen LogP contribution in [0.5, 0.6) is 11.5 Å². The van der Waals surface area contributed by atoms with Gasteiger partial charge >= 0.3 is 29.6 Å². The van der Waals surface area contributed by atoms with Gasteiger partial charge < -0.3 is 40.1 Å². The van der Waals surface area contributed by atoms with Crippen LogP contribution >= 0.6 is 34.9 Å². The van der Waals surface area contributed by atoms with E-state index in [0.29, 0.717) is 42.1 Å². The number of carboxylic acids is 1. The summed E-state index contributed by atoms with van der Waals surface area (Å²) in [6, 6.07) is 2.73. The molecule has 0 bridgehead atoms. The average molecular weight is 811 g/mol. The van der Waals surface area contributed by atoms with Gasteiger partial charge in [-0.15, -0.1) is 22.0 Å². The molecule has 19 nitrogen and oxygen atoms in total. The van der Waals surface area contributed by atoms with E-state index in [1.807, 2.05) is 0 Å². The Balaban J connectivity index is 0.00000497. The van der Waals surface area contributed by atoms with E-state index in [0.717, 1.165) is 36.5 Å². The molecule has 0 aliphatic carbocycles. The number of rotatable bonds is 11. The fraction of sp³-hybridized carbons (Fsp3) is 0.484. The van der Waals surface area contributed by atoms with Crippen molar-refractivity contribution in [3.63, 3.8) is 0 Å². The van der Waals surface area contributed by atoms with Crippen LogP contribution in [0.15, 0.2) is 22.9 Å². The van der Waals surface area contributed by atoms with Crippen LogP contribution in [0.25, 0.3) is 5.70 Å². The predicted octanol–water partition coefficient (Wildman–Crippen LogP) is -3.01. The van der Waals surface area contributed by atoms with Gasteiger partial charge in [0.25, 0.3) is 5.91 Å². The first kappa shape index (κ1) is 39.8. The van der Waals surface area contributed by atoms with Crippen molar-refractivity contribution in [1.82, 2.24) is 39.8 Å². The number of carbonyl (C=O) groups excluding carboxylic acids is 4. The summed E-state index contributed by atoms with van der Waals surface area (Å²) in [7, 11) is 0. The van der Waals surface area contributed by atoms with E-state index in [1.54, 1.807) is 9.80 Å². The second kappa shape index (κ2) is 15.3. The molecule has 3 aromatic rings. The number of nitrogens with one attached hydrogen (secondary N) is 1. The number of tetrazole rings is 1. The number of carbonyl (C=O) groups is 4. The molecule has 0 radical (unpaired) electrons. The number of aromatic amines is 1. The topological polar surface area (TPSA) is 266 Å². The minimum atomic E-state index is -1.87. The molecular formula is C31H34ClN11NaO8S2+. The summed E-state index contributed by atoms with van der Waals surface area (Å²) in [5, 5.41) is 49.3. The molecule has 4 atom stereocenters. The maximum Gasteiger partial charge on any atom is 1.00 e. The van der Waals surface area contributed by atoms with E-state index in [-0.39, 0.29) is 86.9 Å². The van der Waals surface area contributed by atoms with E-state index in [1.165, 1.54) is 37.7 Å². The molecular weight excluding hydrogens is 777 g/mol. The Labute approximate surface area is 343 Å². The molecule has 6 heterocycles. The summed E-state index contributed by atoms with van der Waals surface area (Å²) >= 11 is 8.55. The van der Waals surface area contributed by atoms with E-state index < -0.39 is 40.1 Å². The van der Waals surface area contributed by atoms with E-state index >= 15 is 0 Å². The number of nitrogens with zero attached hydrogens (tertiary/aromatic N) is 9. The van der Waals surface area contributed by atoms with Gasteiger partial charge in [0.1, 0.15) is 12.6 Å². The molecule has 2 amide bonds.